The highest BCUT2D eigenvalue weighted by atomic mass is 79.9. The van der Waals surface area contributed by atoms with Crippen LogP contribution in [0.25, 0.3) is 0 Å². The van der Waals surface area contributed by atoms with Gasteiger partial charge in [0.2, 0.25) is 5.88 Å². The molecule has 0 saturated heterocycles. The van der Waals surface area contributed by atoms with Crippen LogP contribution in [-0.2, 0) is 0 Å². The lowest BCUT2D eigenvalue weighted by atomic mass is 10.3. The molecule has 0 amide bonds. The summed E-state index contributed by atoms with van der Waals surface area (Å²) in [6, 6.07) is 3.66. The van der Waals surface area contributed by atoms with Crippen molar-refractivity contribution in [1.29, 1.82) is 0 Å². The second kappa shape index (κ2) is 5.09. The van der Waals surface area contributed by atoms with Crippen molar-refractivity contribution in [3.8, 4) is 11.6 Å². The van der Waals surface area contributed by atoms with Crippen LogP contribution in [0.15, 0.2) is 29.1 Å². The number of anilines is 1. The Bertz CT molecular complexity index is 533. The third kappa shape index (κ3) is 2.52. The molecule has 2 aromatic rings. The molecule has 2 aromatic heterocycles. The van der Waals surface area contributed by atoms with Crippen LogP contribution in [0, 0.1) is 6.92 Å². The molecule has 0 aromatic carbocycles. The number of halogens is 1. The Kier molecular flexibility index (Phi) is 3.53. The van der Waals surface area contributed by atoms with Gasteiger partial charge in [0.05, 0.1) is 5.69 Å². The molecule has 0 saturated carbocycles. The van der Waals surface area contributed by atoms with Crippen LogP contribution >= 0.6 is 15.9 Å². The van der Waals surface area contributed by atoms with Crippen LogP contribution in [0.5, 0.6) is 11.6 Å². The van der Waals surface area contributed by atoms with Gasteiger partial charge in [-0.3, -0.25) is 4.98 Å². The zero-order valence-corrected chi connectivity index (χ0v) is 11.0. The second-order valence-corrected chi connectivity index (χ2v) is 4.07. The topological polar surface area (TPSA) is 59.9 Å². The van der Waals surface area contributed by atoms with Crippen molar-refractivity contribution in [2.24, 2.45) is 0 Å². The van der Waals surface area contributed by atoms with Gasteiger partial charge in [0, 0.05) is 13.2 Å². The molecule has 17 heavy (non-hydrogen) atoms. The molecule has 5 nitrogen and oxygen atoms in total. The van der Waals surface area contributed by atoms with Crippen LogP contribution in [-0.4, -0.2) is 22.0 Å². The summed E-state index contributed by atoms with van der Waals surface area (Å²) < 4.78 is 6.37. The van der Waals surface area contributed by atoms with Crippen LogP contribution < -0.4 is 10.1 Å². The van der Waals surface area contributed by atoms with E-state index in [1.54, 1.807) is 13.2 Å². The molecule has 0 fully saturated rings. The van der Waals surface area contributed by atoms with Gasteiger partial charge in [0.1, 0.15) is 16.6 Å². The minimum atomic E-state index is 0.459. The van der Waals surface area contributed by atoms with E-state index in [0.717, 1.165) is 5.69 Å². The van der Waals surface area contributed by atoms with Crippen LogP contribution in [0.4, 0.5) is 5.82 Å². The van der Waals surface area contributed by atoms with Crippen molar-refractivity contribution >= 4 is 21.7 Å². The molecule has 0 aliphatic heterocycles. The van der Waals surface area contributed by atoms with Gasteiger partial charge in [0.15, 0.2) is 5.75 Å². The summed E-state index contributed by atoms with van der Waals surface area (Å²) in [6.45, 7) is 1.88. The fourth-order valence-electron chi connectivity index (χ4n) is 1.28. The fourth-order valence-corrected chi connectivity index (χ4v) is 1.76. The highest BCUT2D eigenvalue weighted by Gasteiger charge is 2.10. The second-order valence-electron chi connectivity index (χ2n) is 3.28. The van der Waals surface area contributed by atoms with Crippen molar-refractivity contribution in [2.75, 3.05) is 12.4 Å². The van der Waals surface area contributed by atoms with E-state index in [-0.39, 0.29) is 0 Å². The van der Waals surface area contributed by atoms with Crippen molar-refractivity contribution in [3.05, 3.63) is 34.8 Å². The smallest absolute Gasteiger partial charge is 0.238 e. The van der Waals surface area contributed by atoms with E-state index < -0.39 is 0 Å². The first kappa shape index (κ1) is 11.8. The van der Waals surface area contributed by atoms with Gasteiger partial charge in [-0.1, -0.05) is 0 Å². The first-order chi connectivity index (χ1) is 8.22. The molecule has 88 valence electrons. The number of nitrogens with one attached hydrogen (secondary N) is 1. The monoisotopic (exact) mass is 294 g/mol. The van der Waals surface area contributed by atoms with E-state index in [9.17, 15) is 0 Å². The first-order valence-corrected chi connectivity index (χ1v) is 5.79. The van der Waals surface area contributed by atoms with Gasteiger partial charge in [-0.15, -0.1) is 0 Å². The zero-order valence-electron chi connectivity index (χ0n) is 9.44. The average Bonchev–Trinajstić information content (AvgIpc) is 2.34. The number of hydrogen-bond donors (Lipinski definition) is 1. The van der Waals surface area contributed by atoms with Crippen LogP contribution in [0.1, 0.15) is 5.69 Å². The number of ether oxygens (including phenoxy) is 1. The molecule has 0 aliphatic rings. The summed E-state index contributed by atoms with van der Waals surface area (Å²) in [5, 5.41) is 2.94. The Morgan fingerprint density at radius 1 is 1.29 bits per heavy atom. The van der Waals surface area contributed by atoms with E-state index in [0.29, 0.717) is 21.9 Å². The molecule has 1 N–H and O–H groups in total. The maximum atomic E-state index is 5.68. The quantitative estimate of drug-likeness (QED) is 0.943. The lowest BCUT2D eigenvalue weighted by Gasteiger charge is -2.09. The molecular formula is C11H11BrN4O. The number of aryl methyl sites for hydroxylation is 1. The van der Waals surface area contributed by atoms with Crippen LogP contribution in [0.2, 0.25) is 0 Å². The Balaban J connectivity index is 2.34. The van der Waals surface area contributed by atoms with Gasteiger partial charge in [-0.2, -0.15) is 0 Å². The summed E-state index contributed by atoms with van der Waals surface area (Å²) in [7, 11) is 1.78. The van der Waals surface area contributed by atoms with E-state index in [4.69, 9.17) is 4.74 Å². The first-order valence-electron chi connectivity index (χ1n) is 5.00. The van der Waals surface area contributed by atoms with Gasteiger partial charge >= 0.3 is 0 Å². The Morgan fingerprint density at radius 3 is 2.82 bits per heavy atom. The number of rotatable bonds is 3. The van der Waals surface area contributed by atoms with Gasteiger partial charge in [-0.05, 0) is 35.0 Å². The fraction of sp³-hybridized carbons (Fsp3) is 0.182. The highest BCUT2D eigenvalue weighted by Crippen LogP contribution is 2.32. The number of hydrogen-bond acceptors (Lipinski definition) is 5. The molecular weight excluding hydrogens is 284 g/mol. The lowest BCUT2D eigenvalue weighted by Crippen LogP contribution is -1.98. The van der Waals surface area contributed by atoms with E-state index in [2.05, 4.69) is 36.2 Å². The average molecular weight is 295 g/mol. The lowest BCUT2D eigenvalue weighted by molar-refractivity contribution is 0.452. The minimum absolute atomic E-state index is 0.459. The van der Waals surface area contributed by atoms with Crippen molar-refractivity contribution in [1.82, 2.24) is 15.0 Å². The predicted octanol–water partition coefficient (Wildman–Crippen LogP) is 2.78. The molecule has 0 bridgehead atoms. The van der Waals surface area contributed by atoms with Crippen molar-refractivity contribution < 1.29 is 4.74 Å². The number of pyridine rings is 1. The minimum Gasteiger partial charge on any atom is -0.436 e. The summed E-state index contributed by atoms with van der Waals surface area (Å²) in [4.78, 5) is 12.3. The standard InChI is InChI=1S/C11H11BrN4O/c1-7-8(4-3-5-14-7)17-11-9(12)10(13-2)15-6-16-11/h3-6H,1-2H3,(H,13,15,16). The van der Waals surface area contributed by atoms with Gasteiger partial charge in [-0.25, -0.2) is 9.97 Å². The Hall–Kier alpha value is -1.69. The molecule has 2 rings (SSSR count). The summed E-state index contributed by atoms with van der Waals surface area (Å²) in [5.41, 5.74) is 0.809. The van der Waals surface area contributed by atoms with E-state index in [1.165, 1.54) is 6.33 Å². The molecule has 0 aliphatic carbocycles. The summed E-state index contributed by atoms with van der Waals surface area (Å²) >= 11 is 3.39. The Labute approximate surface area is 107 Å². The molecule has 0 atom stereocenters. The van der Waals surface area contributed by atoms with E-state index >= 15 is 0 Å². The molecule has 2 heterocycles. The van der Waals surface area contributed by atoms with Gasteiger partial charge < -0.3 is 10.1 Å². The zero-order chi connectivity index (χ0) is 12.3. The Morgan fingerprint density at radius 2 is 2.12 bits per heavy atom. The summed E-state index contributed by atoms with van der Waals surface area (Å²) in [6.07, 6.45) is 3.16. The SMILES string of the molecule is CNc1ncnc(Oc2cccnc2C)c1Br. The summed E-state index contributed by atoms with van der Waals surface area (Å²) in [5.74, 6) is 1.81. The predicted molar refractivity (Wildman–Crippen MR) is 68.3 cm³/mol. The molecule has 0 radical (unpaired) electrons. The molecule has 6 heteroatoms. The van der Waals surface area contributed by atoms with Gasteiger partial charge in [0.25, 0.3) is 0 Å². The molecule has 0 spiro atoms. The normalized spacial score (nSPS) is 10.1. The number of nitrogens with zero attached hydrogens (tertiary/aromatic N) is 3. The maximum Gasteiger partial charge on any atom is 0.238 e. The third-order valence-corrected chi connectivity index (χ3v) is 2.87. The van der Waals surface area contributed by atoms with Crippen LogP contribution in [0.3, 0.4) is 0 Å². The highest BCUT2D eigenvalue weighted by molar-refractivity contribution is 9.10. The van der Waals surface area contributed by atoms with E-state index in [1.807, 2.05) is 19.1 Å². The maximum absolute atomic E-state index is 5.68. The van der Waals surface area contributed by atoms with Crippen molar-refractivity contribution in [2.45, 2.75) is 6.92 Å². The number of aromatic nitrogens is 3. The molecule has 0 unspecified atom stereocenters. The third-order valence-electron chi connectivity index (χ3n) is 2.16. The largest absolute Gasteiger partial charge is 0.436 e. The van der Waals surface area contributed by atoms with Crippen molar-refractivity contribution in [3.63, 3.8) is 0 Å².